The molecule has 0 aromatic carbocycles. The Bertz CT molecular complexity index is 470. The summed E-state index contributed by atoms with van der Waals surface area (Å²) in [6, 6.07) is 3.86. The molecule has 0 radical (unpaired) electrons. The molecular weight excluding hydrogens is 330 g/mol. The summed E-state index contributed by atoms with van der Waals surface area (Å²) in [7, 11) is 1.66. The first-order valence-electron chi connectivity index (χ1n) is 5.87. The van der Waals surface area contributed by atoms with Gasteiger partial charge in [-0.2, -0.15) is 0 Å². The van der Waals surface area contributed by atoms with Crippen molar-refractivity contribution in [2.75, 3.05) is 20.2 Å². The van der Waals surface area contributed by atoms with Crippen molar-refractivity contribution < 1.29 is 14.3 Å². The van der Waals surface area contributed by atoms with Crippen molar-refractivity contribution in [2.24, 2.45) is 0 Å². The van der Waals surface area contributed by atoms with Gasteiger partial charge in [0.15, 0.2) is 0 Å². The van der Waals surface area contributed by atoms with Crippen LogP contribution in [0.1, 0.15) is 18.2 Å². The number of nitrogens with zero attached hydrogens (tertiary/aromatic N) is 1. The number of ether oxygens (including phenoxy) is 1. The van der Waals surface area contributed by atoms with Crippen LogP contribution in [-0.2, 0) is 14.3 Å². The van der Waals surface area contributed by atoms with Crippen molar-refractivity contribution in [3.8, 4) is 0 Å². The maximum absolute atomic E-state index is 11.8. The number of esters is 1. The Kier molecular flexibility index (Phi) is 6.80. The van der Waals surface area contributed by atoms with Gasteiger partial charge in [-0.05, 0) is 41.1 Å². The zero-order valence-corrected chi connectivity index (χ0v) is 13.3. The molecule has 0 aliphatic carbocycles. The lowest BCUT2D eigenvalue weighted by Crippen LogP contribution is -2.27. The number of hydrogen-bond donors (Lipinski definition) is 0. The molecule has 0 aliphatic heterocycles. The Labute approximate surface area is 125 Å². The van der Waals surface area contributed by atoms with E-state index in [1.807, 2.05) is 12.1 Å². The van der Waals surface area contributed by atoms with Gasteiger partial charge >= 0.3 is 5.97 Å². The maximum Gasteiger partial charge on any atom is 0.307 e. The van der Waals surface area contributed by atoms with Gasteiger partial charge in [-0.1, -0.05) is 0 Å². The van der Waals surface area contributed by atoms with E-state index in [4.69, 9.17) is 4.74 Å². The lowest BCUT2D eigenvalue weighted by molar-refractivity contribution is -0.143. The van der Waals surface area contributed by atoms with Gasteiger partial charge in [-0.15, -0.1) is 11.3 Å². The predicted molar refractivity (Wildman–Crippen MR) is 79.9 cm³/mol. The Morgan fingerprint density at radius 3 is 2.79 bits per heavy atom. The van der Waals surface area contributed by atoms with Crippen molar-refractivity contribution in [3.05, 3.63) is 26.9 Å². The Morgan fingerprint density at radius 2 is 2.21 bits per heavy atom. The van der Waals surface area contributed by atoms with Gasteiger partial charge in [-0.25, -0.2) is 0 Å². The first-order valence-corrected chi connectivity index (χ1v) is 7.48. The van der Waals surface area contributed by atoms with E-state index < -0.39 is 0 Å². The van der Waals surface area contributed by atoms with E-state index in [1.165, 1.54) is 11.0 Å². The van der Waals surface area contributed by atoms with Crippen LogP contribution in [0.15, 0.2) is 22.0 Å². The molecule has 6 heteroatoms. The summed E-state index contributed by atoms with van der Waals surface area (Å²) in [5.74, 6) is -0.415. The van der Waals surface area contributed by atoms with Crippen LogP contribution in [0.25, 0.3) is 6.08 Å². The van der Waals surface area contributed by atoms with Gasteiger partial charge in [0.05, 0.1) is 16.8 Å². The molecular formula is C13H16BrNO3S. The van der Waals surface area contributed by atoms with E-state index >= 15 is 0 Å². The number of likely N-dealkylation sites (N-methyl/N-ethyl adjacent to an activating group) is 1. The quantitative estimate of drug-likeness (QED) is 0.588. The summed E-state index contributed by atoms with van der Waals surface area (Å²) in [5.41, 5.74) is 0. The van der Waals surface area contributed by atoms with Gasteiger partial charge in [0.2, 0.25) is 5.91 Å². The molecule has 4 nitrogen and oxygen atoms in total. The van der Waals surface area contributed by atoms with Gasteiger partial charge in [0.25, 0.3) is 0 Å². The first kappa shape index (κ1) is 15.9. The summed E-state index contributed by atoms with van der Waals surface area (Å²) in [4.78, 5) is 25.4. The van der Waals surface area contributed by atoms with Crippen LogP contribution in [0.3, 0.4) is 0 Å². The van der Waals surface area contributed by atoms with Crippen LogP contribution in [-0.4, -0.2) is 37.0 Å². The number of thiophene rings is 1. The number of carbonyl (C=O) groups is 2. The molecule has 0 spiro atoms. The van der Waals surface area contributed by atoms with E-state index in [9.17, 15) is 9.59 Å². The second kappa shape index (κ2) is 8.12. The highest BCUT2D eigenvalue weighted by Crippen LogP contribution is 2.22. The Balaban J connectivity index is 2.40. The minimum absolute atomic E-state index is 0.131. The molecule has 1 rings (SSSR count). The zero-order valence-electron chi connectivity index (χ0n) is 10.9. The highest BCUT2D eigenvalue weighted by atomic mass is 79.9. The second-order valence-electron chi connectivity index (χ2n) is 3.79. The van der Waals surface area contributed by atoms with Gasteiger partial charge in [0.1, 0.15) is 0 Å². The van der Waals surface area contributed by atoms with Gasteiger partial charge < -0.3 is 9.64 Å². The molecule has 0 saturated heterocycles. The molecule has 0 fully saturated rings. The molecule has 0 bridgehead atoms. The summed E-state index contributed by atoms with van der Waals surface area (Å²) < 4.78 is 5.83. The molecule has 0 saturated carbocycles. The van der Waals surface area contributed by atoms with Crippen molar-refractivity contribution >= 4 is 45.2 Å². The van der Waals surface area contributed by atoms with E-state index in [2.05, 4.69) is 15.9 Å². The average molecular weight is 346 g/mol. The fourth-order valence-corrected chi connectivity index (χ4v) is 2.63. The number of halogens is 1. The van der Waals surface area contributed by atoms with E-state index in [0.717, 1.165) is 8.66 Å². The summed E-state index contributed by atoms with van der Waals surface area (Å²) in [5, 5.41) is 0. The SMILES string of the molecule is CCOC(=O)CCN(C)C(=O)C=Cc1ccc(Br)s1. The van der Waals surface area contributed by atoms with Crippen molar-refractivity contribution in [1.29, 1.82) is 0 Å². The molecule has 0 N–H and O–H groups in total. The molecule has 1 amide bonds. The normalized spacial score (nSPS) is 10.7. The van der Waals surface area contributed by atoms with Crippen LogP contribution in [0, 0.1) is 0 Å². The minimum Gasteiger partial charge on any atom is -0.466 e. The highest BCUT2D eigenvalue weighted by Gasteiger charge is 2.08. The molecule has 1 heterocycles. The smallest absolute Gasteiger partial charge is 0.307 e. The van der Waals surface area contributed by atoms with Gasteiger partial charge in [0, 0.05) is 24.5 Å². The topological polar surface area (TPSA) is 46.6 Å². The van der Waals surface area contributed by atoms with Crippen LogP contribution < -0.4 is 0 Å². The molecule has 104 valence electrons. The molecule has 1 aromatic heterocycles. The largest absolute Gasteiger partial charge is 0.466 e. The van der Waals surface area contributed by atoms with Crippen LogP contribution >= 0.6 is 27.3 Å². The number of carbonyl (C=O) groups excluding carboxylic acids is 2. The van der Waals surface area contributed by atoms with Crippen molar-refractivity contribution in [3.63, 3.8) is 0 Å². The number of hydrogen-bond acceptors (Lipinski definition) is 4. The van der Waals surface area contributed by atoms with Gasteiger partial charge in [-0.3, -0.25) is 9.59 Å². The van der Waals surface area contributed by atoms with Crippen LogP contribution in [0.2, 0.25) is 0 Å². The summed E-state index contributed by atoms with van der Waals surface area (Å²) in [6.07, 6.45) is 3.48. The average Bonchev–Trinajstić information content (AvgIpc) is 2.79. The molecule has 0 unspecified atom stereocenters. The Hall–Kier alpha value is -1.14. The number of amides is 1. The minimum atomic E-state index is -0.284. The third-order valence-corrected chi connectivity index (χ3v) is 3.91. The van der Waals surface area contributed by atoms with Crippen molar-refractivity contribution in [1.82, 2.24) is 4.90 Å². The third-order valence-electron chi connectivity index (χ3n) is 2.32. The fourth-order valence-electron chi connectivity index (χ4n) is 1.30. The zero-order chi connectivity index (χ0) is 14.3. The standard InChI is InChI=1S/C13H16BrNO3S/c1-3-18-13(17)8-9-15(2)12(16)7-5-10-4-6-11(14)19-10/h4-7H,3,8-9H2,1-2H3. The third kappa shape index (κ3) is 6.02. The molecule has 19 heavy (non-hydrogen) atoms. The predicted octanol–water partition coefficient (Wildman–Crippen LogP) is 2.94. The lowest BCUT2D eigenvalue weighted by atomic mass is 10.3. The van der Waals surface area contributed by atoms with E-state index in [0.29, 0.717) is 13.2 Å². The molecule has 0 atom stereocenters. The molecule has 0 aliphatic rings. The van der Waals surface area contributed by atoms with E-state index in [1.54, 1.807) is 31.4 Å². The molecule has 1 aromatic rings. The van der Waals surface area contributed by atoms with Crippen LogP contribution in [0.5, 0.6) is 0 Å². The highest BCUT2D eigenvalue weighted by molar-refractivity contribution is 9.11. The fraction of sp³-hybridized carbons (Fsp3) is 0.385. The summed E-state index contributed by atoms with van der Waals surface area (Å²) in [6.45, 7) is 2.48. The first-order chi connectivity index (χ1) is 9.02. The van der Waals surface area contributed by atoms with E-state index in [-0.39, 0.29) is 18.3 Å². The monoisotopic (exact) mass is 345 g/mol. The van der Waals surface area contributed by atoms with Crippen LogP contribution in [0.4, 0.5) is 0 Å². The lowest BCUT2D eigenvalue weighted by Gasteiger charge is -2.14. The Morgan fingerprint density at radius 1 is 1.47 bits per heavy atom. The second-order valence-corrected chi connectivity index (χ2v) is 6.28. The number of rotatable bonds is 6. The maximum atomic E-state index is 11.8. The summed E-state index contributed by atoms with van der Waals surface area (Å²) >= 11 is 4.91. The van der Waals surface area contributed by atoms with Crippen molar-refractivity contribution in [2.45, 2.75) is 13.3 Å².